The Kier molecular flexibility index (Phi) is 9.75. The first-order chi connectivity index (χ1) is 14.1. The monoisotopic (exact) mass is 425 g/mol. The van der Waals surface area contributed by atoms with Gasteiger partial charge in [-0.15, -0.1) is 0 Å². The van der Waals surface area contributed by atoms with Crippen LogP contribution in [0.1, 0.15) is 25.0 Å². The van der Waals surface area contributed by atoms with Crippen LogP contribution < -0.4 is 33.6 Å². The molecule has 166 valence electrons. The van der Waals surface area contributed by atoms with Crippen LogP contribution in [0, 0.1) is 0 Å². The Hall–Kier alpha value is -3.68. The van der Waals surface area contributed by atoms with Gasteiger partial charge in [-0.3, -0.25) is 19.4 Å². The number of nitrogens with two attached hydrogens (primary N) is 4. The van der Waals surface area contributed by atoms with Gasteiger partial charge in [0.2, 0.25) is 17.7 Å². The maximum Gasteiger partial charge on any atom is 0.326 e. The van der Waals surface area contributed by atoms with Crippen LogP contribution in [0.25, 0.3) is 0 Å². The number of primary amides is 1. The van der Waals surface area contributed by atoms with Crippen LogP contribution in [0.15, 0.2) is 17.5 Å². The number of hydrogen-bond acceptors (Lipinski definition) is 7. The molecule has 1 aromatic rings. The summed E-state index contributed by atoms with van der Waals surface area (Å²) in [5.41, 5.74) is 21.8. The maximum atomic E-state index is 12.6. The average Bonchev–Trinajstić information content (AvgIpc) is 3.16. The first-order valence-corrected chi connectivity index (χ1v) is 9.00. The van der Waals surface area contributed by atoms with Gasteiger partial charge in [0.1, 0.15) is 12.1 Å². The van der Waals surface area contributed by atoms with Crippen LogP contribution in [-0.2, 0) is 25.6 Å². The molecule has 0 aliphatic carbocycles. The van der Waals surface area contributed by atoms with E-state index in [1.54, 1.807) is 0 Å². The molecule has 14 heteroatoms. The van der Waals surface area contributed by atoms with Gasteiger partial charge in [0.15, 0.2) is 5.96 Å². The number of carboxylic acids is 1. The smallest absolute Gasteiger partial charge is 0.326 e. The molecule has 3 atom stereocenters. The Bertz CT molecular complexity index is 761. The number of nitrogens with zero attached hydrogens (tertiary/aromatic N) is 2. The Morgan fingerprint density at radius 3 is 2.33 bits per heavy atom. The highest BCUT2D eigenvalue weighted by Crippen LogP contribution is 2.03. The summed E-state index contributed by atoms with van der Waals surface area (Å²) in [6.45, 7) is 0.286. The van der Waals surface area contributed by atoms with E-state index in [-0.39, 0.29) is 25.3 Å². The summed E-state index contributed by atoms with van der Waals surface area (Å²) in [4.78, 5) is 57.7. The number of aliphatic imine (C=N–C) groups is 1. The molecule has 12 N–H and O–H groups in total. The van der Waals surface area contributed by atoms with E-state index < -0.39 is 48.2 Å². The second kappa shape index (κ2) is 12.0. The number of carbonyl (C=O) groups excluding carboxylic acids is 3. The van der Waals surface area contributed by atoms with Crippen molar-refractivity contribution in [1.82, 2.24) is 20.6 Å². The zero-order chi connectivity index (χ0) is 22.7. The number of amides is 3. The van der Waals surface area contributed by atoms with Crippen LogP contribution in [0.5, 0.6) is 0 Å². The predicted molar refractivity (Wildman–Crippen MR) is 105 cm³/mol. The van der Waals surface area contributed by atoms with E-state index in [0.717, 1.165) is 0 Å². The minimum absolute atomic E-state index is 0.0127. The summed E-state index contributed by atoms with van der Waals surface area (Å²) in [6.07, 6.45) is 2.90. The van der Waals surface area contributed by atoms with Crippen molar-refractivity contribution in [2.24, 2.45) is 27.9 Å². The maximum absolute atomic E-state index is 12.6. The van der Waals surface area contributed by atoms with Gasteiger partial charge in [-0.05, 0) is 12.8 Å². The van der Waals surface area contributed by atoms with E-state index in [4.69, 9.17) is 28.0 Å². The second-order valence-corrected chi connectivity index (χ2v) is 6.47. The Morgan fingerprint density at radius 1 is 1.13 bits per heavy atom. The number of carbonyl (C=O) groups is 4. The largest absolute Gasteiger partial charge is 0.480 e. The van der Waals surface area contributed by atoms with E-state index in [1.807, 2.05) is 0 Å². The lowest BCUT2D eigenvalue weighted by molar-refractivity contribution is -0.143. The Morgan fingerprint density at radius 2 is 1.80 bits per heavy atom. The van der Waals surface area contributed by atoms with Crippen molar-refractivity contribution < 1.29 is 24.3 Å². The van der Waals surface area contributed by atoms with Gasteiger partial charge >= 0.3 is 5.97 Å². The van der Waals surface area contributed by atoms with Crippen molar-refractivity contribution in [2.45, 2.75) is 43.8 Å². The molecule has 30 heavy (non-hydrogen) atoms. The van der Waals surface area contributed by atoms with E-state index in [9.17, 15) is 19.2 Å². The topological polar surface area (TPSA) is 258 Å². The highest BCUT2D eigenvalue weighted by Gasteiger charge is 2.29. The molecule has 14 nitrogen and oxygen atoms in total. The molecule has 0 aliphatic heterocycles. The molecule has 1 aromatic heterocycles. The van der Waals surface area contributed by atoms with Crippen molar-refractivity contribution in [3.05, 3.63) is 18.2 Å². The number of aliphatic carboxylic acids is 1. The number of aromatic nitrogens is 2. The molecular weight excluding hydrogens is 398 g/mol. The third-order valence-corrected chi connectivity index (χ3v) is 3.94. The van der Waals surface area contributed by atoms with Gasteiger partial charge in [-0.25, -0.2) is 9.78 Å². The second-order valence-electron chi connectivity index (χ2n) is 6.47. The lowest BCUT2D eigenvalue weighted by Gasteiger charge is -2.22. The van der Waals surface area contributed by atoms with Crippen molar-refractivity contribution in [2.75, 3.05) is 6.54 Å². The predicted octanol–water partition coefficient (Wildman–Crippen LogP) is -3.74. The first kappa shape index (κ1) is 24.4. The minimum Gasteiger partial charge on any atom is -0.480 e. The molecule has 3 amide bonds. The zero-order valence-electron chi connectivity index (χ0n) is 16.2. The van der Waals surface area contributed by atoms with Gasteiger partial charge in [0.25, 0.3) is 0 Å². The number of imidazole rings is 1. The summed E-state index contributed by atoms with van der Waals surface area (Å²) in [5.74, 6) is -3.86. The number of H-pyrrole nitrogens is 1. The average molecular weight is 425 g/mol. The number of guanidine groups is 1. The molecule has 0 saturated carbocycles. The van der Waals surface area contributed by atoms with Crippen molar-refractivity contribution in [3.8, 4) is 0 Å². The number of hydrogen-bond donors (Lipinski definition) is 8. The van der Waals surface area contributed by atoms with Crippen molar-refractivity contribution >= 4 is 29.7 Å². The minimum atomic E-state index is -1.54. The Balaban J connectivity index is 2.80. The van der Waals surface area contributed by atoms with Crippen molar-refractivity contribution in [1.29, 1.82) is 0 Å². The van der Waals surface area contributed by atoms with Gasteiger partial charge in [-0.2, -0.15) is 0 Å². The summed E-state index contributed by atoms with van der Waals surface area (Å²) in [7, 11) is 0. The van der Waals surface area contributed by atoms with Gasteiger partial charge in [0, 0.05) is 24.9 Å². The quantitative estimate of drug-likeness (QED) is 0.0875. The summed E-state index contributed by atoms with van der Waals surface area (Å²) in [5, 5.41) is 13.8. The van der Waals surface area contributed by atoms with Crippen LogP contribution in [-0.4, -0.2) is 69.4 Å². The summed E-state index contributed by atoms with van der Waals surface area (Å²) < 4.78 is 0. The molecule has 0 unspecified atom stereocenters. The third kappa shape index (κ3) is 9.01. The van der Waals surface area contributed by atoms with Crippen LogP contribution in [0.2, 0.25) is 0 Å². The molecule has 0 aromatic carbocycles. The van der Waals surface area contributed by atoms with E-state index in [0.29, 0.717) is 12.1 Å². The normalized spacial score (nSPS) is 13.5. The number of nitrogens with one attached hydrogen (secondary N) is 3. The molecule has 0 spiro atoms. The van der Waals surface area contributed by atoms with Gasteiger partial charge in [0.05, 0.1) is 18.8 Å². The molecule has 0 bridgehead atoms. The number of aromatic amines is 1. The molecular formula is C16H27N9O5. The van der Waals surface area contributed by atoms with Gasteiger partial charge in [-0.1, -0.05) is 0 Å². The number of rotatable bonds is 13. The standard InChI is InChI=1S/C16H27N9O5/c17-9(2-1-3-22-16(19)20)13(27)24-10(4-8-6-21-7-23-8)14(28)25-11(15(29)30)5-12(18)26/h6-7,9-11H,1-5,17H2,(H2,18,26)(H,21,23)(H,24,27)(H,25,28)(H,29,30)(H4,19,20,22)/t9-,10-,11-/m0/s1. The molecule has 0 fully saturated rings. The highest BCUT2D eigenvalue weighted by molar-refractivity contribution is 5.93. The van der Waals surface area contributed by atoms with Crippen LogP contribution >= 0.6 is 0 Å². The first-order valence-electron chi connectivity index (χ1n) is 9.00. The third-order valence-electron chi connectivity index (χ3n) is 3.94. The zero-order valence-corrected chi connectivity index (χ0v) is 16.2. The van der Waals surface area contributed by atoms with E-state index in [2.05, 4.69) is 25.6 Å². The lowest BCUT2D eigenvalue weighted by atomic mass is 10.1. The lowest BCUT2D eigenvalue weighted by Crippen LogP contribution is -2.55. The highest BCUT2D eigenvalue weighted by atomic mass is 16.4. The molecule has 0 saturated heterocycles. The fourth-order valence-electron chi connectivity index (χ4n) is 2.43. The van der Waals surface area contributed by atoms with E-state index >= 15 is 0 Å². The van der Waals surface area contributed by atoms with Crippen molar-refractivity contribution in [3.63, 3.8) is 0 Å². The fraction of sp³-hybridized carbons (Fsp3) is 0.500. The SMILES string of the molecule is NC(=O)C[C@H](NC(=O)[C@H](Cc1cnc[nH]1)NC(=O)[C@@H](N)CCCN=C(N)N)C(=O)O. The van der Waals surface area contributed by atoms with Gasteiger partial charge < -0.3 is 43.7 Å². The molecule has 0 aliphatic rings. The summed E-state index contributed by atoms with van der Waals surface area (Å²) in [6, 6.07) is -3.65. The number of carboxylic acid groups (broad SMARTS) is 1. The molecule has 0 radical (unpaired) electrons. The molecule has 1 heterocycles. The Labute approximate surface area is 171 Å². The summed E-state index contributed by atoms with van der Waals surface area (Å²) >= 11 is 0. The molecule has 1 rings (SSSR count). The van der Waals surface area contributed by atoms with Crippen LogP contribution in [0.3, 0.4) is 0 Å². The van der Waals surface area contributed by atoms with Crippen LogP contribution in [0.4, 0.5) is 0 Å². The van der Waals surface area contributed by atoms with E-state index in [1.165, 1.54) is 12.5 Å². The fourth-order valence-corrected chi connectivity index (χ4v) is 2.43.